The van der Waals surface area contributed by atoms with Crippen molar-refractivity contribution in [2.45, 2.75) is 10.3 Å². The topological polar surface area (TPSA) is 58.6 Å². The summed E-state index contributed by atoms with van der Waals surface area (Å²) in [6.07, 6.45) is -0.0815. The molecule has 0 aliphatic carbocycles. The van der Waals surface area contributed by atoms with Crippen molar-refractivity contribution in [1.82, 2.24) is 9.62 Å². The summed E-state index contributed by atoms with van der Waals surface area (Å²) in [7, 11) is -1.82. The molecule has 1 N–H and O–H groups in total. The van der Waals surface area contributed by atoms with Gasteiger partial charge in [-0.15, -0.1) is 11.3 Å². The van der Waals surface area contributed by atoms with Crippen molar-refractivity contribution in [1.29, 1.82) is 0 Å². The number of halogens is 1. The molecular formula is C10H15BrN2O3S2. The lowest BCUT2D eigenvalue weighted by atomic mass is 10.3. The van der Waals surface area contributed by atoms with Crippen molar-refractivity contribution in [2.75, 3.05) is 33.3 Å². The van der Waals surface area contributed by atoms with Gasteiger partial charge in [-0.05, 0) is 28.1 Å². The lowest BCUT2D eigenvalue weighted by Crippen LogP contribution is -2.45. The number of ether oxygens (including phenoxy) is 1. The molecule has 1 atom stereocenters. The second kappa shape index (κ2) is 5.98. The summed E-state index contributed by atoms with van der Waals surface area (Å²) in [5.74, 6) is 0. The number of hydrogen-bond donors (Lipinski definition) is 1. The average molecular weight is 355 g/mol. The Morgan fingerprint density at radius 3 is 2.94 bits per heavy atom. The summed E-state index contributed by atoms with van der Waals surface area (Å²) in [6, 6.07) is 3.35. The Hall–Kier alpha value is 0.01000. The maximum atomic E-state index is 12.3. The third-order valence-corrected chi connectivity index (χ3v) is 6.59. The van der Waals surface area contributed by atoms with Crippen LogP contribution in [0.4, 0.5) is 0 Å². The molecule has 1 unspecified atom stereocenters. The van der Waals surface area contributed by atoms with E-state index < -0.39 is 10.0 Å². The highest BCUT2D eigenvalue weighted by Crippen LogP contribution is 2.28. The smallest absolute Gasteiger partial charge is 0.252 e. The third kappa shape index (κ3) is 3.31. The zero-order chi connectivity index (χ0) is 13.2. The number of nitrogens with zero attached hydrogens (tertiary/aromatic N) is 1. The van der Waals surface area contributed by atoms with Crippen molar-refractivity contribution in [2.24, 2.45) is 0 Å². The molecule has 8 heteroatoms. The van der Waals surface area contributed by atoms with Crippen molar-refractivity contribution >= 4 is 37.3 Å². The normalized spacial score (nSPS) is 21.4. The van der Waals surface area contributed by atoms with Crippen LogP contribution in [0.1, 0.15) is 0 Å². The van der Waals surface area contributed by atoms with E-state index in [1.54, 1.807) is 19.2 Å². The van der Waals surface area contributed by atoms with Gasteiger partial charge in [-0.25, -0.2) is 8.42 Å². The van der Waals surface area contributed by atoms with Crippen molar-refractivity contribution < 1.29 is 13.2 Å². The summed E-state index contributed by atoms with van der Waals surface area (Å²) < 4.78 is 32.5. The van der Waals surface area contributed by atoms with E-state index in [-0.39, 0.29) is 6.10 Å². The standard InChI is InChI=1S/C10H15BrN2O3S2/c1-13(7-8-6-12-4-5-16-8)18(14,15)10-3-2-9(11)17-10/h2-3,8,12H,4-7H2,1H3. The van der Waals surface area contributed by atoms with Crippen LogP contribution in [-0.2, 0) is 14.8 Å². The summed E-state index contributed by atoms with van der Waals surface area (Å²) in [5, 5.41) is 3.18. The third-order valence-electron chi connectivity index (χ3n) is 2.68. The summed E-state index contributed by atoms with van der Waals surface area (Å²) >= 11 is 4.49. The molecule has 5 nitrogen and oxygen atoms in total. The Balaban J connectivity index is 2.05. The van der Waals surface area contributed by atoms with E-state index in [2.05, 4.69) is 21.2 Å². The fraction of sp³-hybridized carbons (Fsp3) is 0.600. The number of likely N-dealkylation sites (N-methyl/N-ethyl adjacent to an activating group) is 1. The van der Waals surface area contributed by atoms with Gasteiger partial charge < -0.3 is 10.1 Å². The maximum absolute atomic E-state index is 12.3. The minimum atomic E-state index is -3.40. The van der Waals surface area contributed by atoms with Gasteiger partial charge in [0.25, 0.3) is 10.0 Å². The van der Waals surface area contributed by atoms with Gasteiger partial charge in [-0.2, -0.15) is 4.31 Å². The van der Waals surface area contributed by atoms with Gasteiger partial charge in [0.2, 0.25) is 0 Å². The first-order valence-electron chi connectivity index (χ1n) is 5.54. The zero-order valence-electron chi connectivity index (χ0n) is 9.93. The minimum absolute atomic E-state index is 0.0815. The second-order valence-electron chi connectivity index (χ2n) is 4.04. The molecule has 2 rings (SSSR count). The Kier molecular flexibility index (Phi) is 4.79. The molecule has 0 aromatic carbocycles. The number of rotatable bonds is 4. The van der Waals surface area contributed by atoms with Gasteiger partial charge in [-0.3, -0.25) is 0 Å². The molecule has 1 aromatic rings. The number of nitrogens with one attached hydrogen (secondary N) is 1. The fourth-order valence-electron chi connectivity index (χ4n) is 1.71. The number of thiophene rings is 1. The molecule has 0 spiro atoms. The van der Waals surface area contributed by atoms with Gasteiger partial charge in [0.05, 0.1) is 16.5 Å². The van der Waals surface area contributed by atoms with Crippen LogP contribution in [0.15, 0.2) is 20.1 Å². The number of sulfonamides is 1. The molecule has 0 bridgehead atoms. The molecule has 0 amide bonds. The molecule has 0 saturated carbocycles. The maximum Gasteiger partial charge on any atom is 0.252 e. The van der Waals surface area contributed by atoms with Crippen molar-refractivity contribution in [3.63, 3.8) is 0 Å². The lowest BCUT2D eigenvalue weighted by molar-refractivity contribution is 0.0206. The first-order valence-corrected chi connectivity index (χ1v) is 8.59. The highest BCUT2D eigenvalue weighted by molar-refractivity contribution is 9.11. The van der Waals surface area contributed by atoms with E-state index in [1.807, 2.05) is 0 Å². The predicted molar refractivity (Wildman–Crippen MR) is 74.4 cm³/mol. The molecular weight excluding hydrogens is 340 g/mol. The van der Waals surface area contributed by atoms with Crippen LogP contribution >= 0.6 is 27.3 Å². The van der Waals surface area contributed by atoms with Gasteiger partial charge >= 0.3 is 0 Å². The molecule has 2 heterocycles. The minimum Gasteiger partial charge on any atom is -0.374 e. The van der Waals surface area contributed by atoms with Crippen LogP contribution < -0.4 is 5.32 Å². The molecule has 1 aliphatic rings. The van der Waals surface area contributed by atoms with Gasteiger partial charge in [0, 0.05) is 26.7 Å². The largest absolute Gasteiger partial charge is 0.374 e. The summed E-state index contributed by atoms with van der Waals surface area (Å²) in [5.41, 5.74) is 0. The van der Waals surface area contributed by atoms with Crippen LogP contribution in [0.3, 0.4) is 0 Å². The molecule has 1 aromatic heterocycles. The van der Waals surface area contributed by atoms with Crippen molar-refractivity contribution in [3.8, 4) is 0 Å². The SMILES string of the molecule is CN(CC1CNCCO1)S(=O)(=O)c1ccc(Br)s1. The molecule has 1 aliphatic heterocycles. The van der Waals surface area contributed by atoms with Crippen LogP contribution in [0, 0.1) is 0 Å². The van der Waals surface area contributed by atoms with Crippen molar-refractivity contribution in [3.05, 3.63) is 15.9 Å². The molecule has 102 valence electrons. The van der Waals surface area contributed by atoms with Gasteiger partial charge in [0.1, 0.15) is 4.21 Å². The van der Waals surface area contributed by atoms with E-state index in [9.17, 15) is 8.42 Å². The Bertz CT molecular complexity index is 497. The number of hydrogen-bond acceptors (Lipinski definition) is 5. The van der Waals surface area contributed by atoms with Gasteiger partial charge in [0.15, 0.2) is 0 Å². The van der Waals surface area contributed by atoms with E-state index in [0.29, 0.717) is 23.9 Å². The second-order valence-corrected chi connectivity index (χ2v) is 8.78. The summed E-state index contributed by atoms with van der Waals surface area (Å²) in [4.78, 5) is 0. The van der Waals surface area contributed by atoms with Gasteiger partial charge in [-0.1, -0.05) is 0 Å². The molecule has 0 radical (unpaired) electrons. The van der Waals surface area contributed by atoms with Crippen LogP contribution in [0.2, 0.25) is 0 Å². The van der Waals surface area contributed by atoms with E-state index in [0.717, 1.165) is 10.3 Å². The summed E-state index contributed by atoms with van der Waals surface area (Å²) in [6.45, 7) is 2.51. The predicted octanol–water partition coefficient (Wildman–Crippen LogP) is 1.12. The van der Waals surface area contributed by atoms with Crippen LogP contribution in [-0.4, -0.2) is 52.1 Å². The fourth-order valence-corrected chi connectivity index (χ4v) is 5.13. The zero-order valence-corrected chi connectivity index (χ0v) is 13.1. The highest BCUT2D eigenvalue weighted by Gasteiger charge is 2.26. The highest BCUT2D eigenvalue weighted by atomic mass is 79.9. The average Bonchev–Trinajstić information content (AvgIpc) is 2.78. The Labute approximate surface area is 119 Å². The number of morpholine rings is 1. The van der Waals surface area contributed by atoms with E-state index >= 15 is 0 Å². The Morgan fingerprint density at radius 1 is 1.61 bits per heavy atom. The molecule has 1 fully saturated rings. The molecule has 18 heavy (non-hydrogen) atoms. The molecule has 1 saturated heterocycles. The first kappa shape index (κ1) is 14.4. The Morgan fingerprint density at radius 2 is 2.39 bits per heavy atom. The monoisotopic (exact) mass is 354 g/mol. The quantitative estimate of drug-likeness (QED) is 0.880. The first-order chi connectivity index (χ1) is 8.50. The van der Waals surface area contributed by atoms with E-state index in [1.165, 1.54) is 15.6 Å². The van der Waals surface area contributed by atoms with E-state index in [4.69, 9.17) is 4.74 Å². The van der Waals surface area contributed by atoms with Crippen LogP contribution in [0.25, 0.3) is 0 Å². The van der Waals surface area contributed by atoms with Crippen LogP contribution in [0.5, 0.6) is 0 Å². The lowest BCUT2D eigenvalue weighted by Gasteiger charge is -2.27.